The van der Waals surface area contributed by atoms with Crippen LogP contribution in [-0.2, 0) is 14.3 Å². The number of benzene rings is 3. The fraction of sp³-hybridized carbons (Fsp3) is 0.261. The van der Waals surface area contributed by atoms with Crippen LogP contribution in [0, 0.1) is 0 Å². The molecule has 3 aromatic carbocycles. The van der Waals surface area contributed by atoms with Crippen LogP contribution in [-0.4, -0.2) is 25.7 Å². The molecule has 0 aliphatic carbocycles. The Morgan fingerprint density at radius 2 is 1.82 bits per heavy atom. The van der Waals surface area contributed by atoms with Crippen molar-refractivity contribution in [3.8, 4) is 5.75 Å². The van der Waals surface area contributed by atoms with Crippen LogP contribution in [0.25, 0.3) is 10.8 Å². The van der Waals surface area contributed by atoms with Crippen molar-refractivity contribution in [2.75, 3.05) is 13.7 Å². The van der Waals surface area contributed by atoms with E-state index in [1.54, 1.807) is 7.11 Å². The van der Waals surface area contributed by atoms with E-state index in [1.165, 1.54) is 0 Å². The SMILES string of the molecule is COc1ccc2cc([C@H](CN)OC(=O)C[C@H]3O[C@@H]3c3ccccc3)ccc2c1. The van der Waals surface area contributed by atoms with E-state index in [9.17, 15) is 4.79 Å². The fourth-order valence-electron chi connectivity index (χ4n) is 3.43. The van der Waals surface area contributed by atoms with E-state index in [-0.39, 0.29) is 31.1 Å². The van der Waals surface area contributed by atoms with E-state index in [4.69, 9.17) is 19.9 Å². The fourth-order valence-corrected chi connectivity index (χ4v) is 3.43. The molecule has 5 heteroatoms. The molecule has 28 heavy (non-hydrogen) atoms. The van der Waals surface area contributed by atoms with Gasteiger partial charge < -0.3 is 19.9 Å². The van der Waals surface area contributed by atoms with Crippen LogP contribution in [0.15, 0.2) is 66.7 Å². The summed E-state index contributed by atoms with van der Waals surface area (Å²) in [5, 5.41) is 2.10. The van der Waals surface area contributed by atoms with E-state index in [0.717, 1.165) is 27.6 Å². The van der Waals surface area contributed by atoms with Gasteiger partial charge in [0.15, 0.2) is 0 Å². The molecule has 1 saturated heterocycles. The zero-order valence-corrected chi connectivity index (χ0v) is 15.7. The van der Waals surface area contributed by atoms with Crippen molar-refractivity contribution < 1.29 is 19.0 Å². The lowest BCUT2D eigenvalue weighted by atomic mass is 10.0. The number of ether oxygens (including phenoxy) is 3. The minimum Gasteiger partial charge on any atom is -0.497 e. The lowest BCUT2D eigenvalue weighted by molar-refractivity contribution is -0.149. The zero-order valence-electron chi connectivity index (χ0n) is 15.7. The molecular weight excluding hydrogens is 354 g/mol. The smallest absolute Gasteiger partial charge is 0.309 e. The standard InChI is InChI=1S/C23H23NO4/c1-26-19-10-9-16-11-18(8-7-17(16)12-19)21(14-24)27-22(25)13-20-23(28-20)15-5-3-2-4-6-15/h2-12,20-21,23H,13-14,24H2,1H3/t20-,21+,23-/m1/s1. The molecule has 1 heterocycles. The summed E-state index contributed by atoms with van der Waals surface area (Å²) in [6.07, 6.45) is -0.410. The minimum absolute atomic E-state index is 0.0271. The van der Waals surface area contributed by atoms with Crippen LogP contribution >= 0.6 is 0 Å². The van der Waals surface area contributed by atoms with Gasteiger partial charge in [-0.1, -0.05) is 48.5 Å². The number of carbonyl (C=O) groups is 1. The summed E-state index contributed by atoms with van der Waals surface area (Å²) in [6, 6.07) is 21.7. The molecule has 144 valence electrons. The lowest BCUT2D eigenvalue weighted by Gasteiger charge is -2.17. The zero-order chi connectivity index (χ0) is 19.5. The second-order valence-electron chi connectivity index (χ2n) is 6.90. The Hall–Kier alpha value is -2.89. The van der Waals surface area contributed by atoms with Crippen LogP contribution in [0.2, 0.25) is 0 Å². The number of hydrogen-bond acceptors (Lipinski definition) is 5. The third-order valence-corrected chi connectivity index (χ3v) is 5.01. The Bertz CT molecular complexity index is 973. The molecule has 0 radical (unpaired) electrons. The predicted molar refractivity (Wildman–Crippen MR) is 107 cm³/mol. The molecule has 1 fully saturated rings. The van der Waals surface area contributed by atoms with E-state index < -0.39 is 6.10 Å². The van der Waals surface area contributed by atoms with E-state index >= 15 is 0 Å². The lowest BCUT2D eigenvalue weighted by Crippen LogP contribution is -2.20. The molecule has 1 aliphatic heterocycles. The van der Waals surface area contributed by atoms with E-state index in [0.29, 0.717) is 0 Å². The molecule has 0 unspecified atom stereocenters. The van der Waals surface area contributed by atoms with E-state index in [1.807, 2.05) is 66.7 Å². The van der Waals surface area contributed by atoms with Crippen LogP contribution < -0.4 is 10.5 Å². The van der Waals surface area contributed by atoms with Gasteiger partial charge in [0.05, 0.1) is 19.6 Å². The molecule has 4 rings (SSSR count). The molecule has 5 nitrogen and oxygen atoms in total. The number of rotatable bonds is 7. The quantitative estimate of drug-likeness (QED) is 0.499. The van der Waals surface area contributed by atoms with Gasteiger partial charge in [0.1, 0.15) is 18.0 Å². The van der Waals surface area contributed by atoms with Crippen LogP contribution in [0.5, 0.6) is 5.75 Å². The van der Waals surface area contributed by atoms with Gasteiger partial charge in [-0.2, -0.15) is 0 Å². The molecule has 0 amide bonds. The number of esters is 1. The highest BCUT2D eigenvalue weighted by atomic mass is 16.6. The summed E-state index contributed by atoms with van der Waals surface area (Å²) in [7, 11) is 1.64. The van der Waals surface area contributed by atoms with Crippen LogP contribution in [0.4, 0.5) is 0 Å². The van der Waals surface area contributed by atoms with Crippen molar-refractivity contribution in [2.45, 2.75) is 24.7 Å². The molecule has 0 saturated carbocycles. The number of hydrogen-bond donors (Lipinski definition) is 1. The molecule has 3 aromatic rings. The number of epoxide rings is 1. The molecule has 3 atom stereocenters. The monoisotopic (exact) mass is 377 g/mol. The predicted octanol–water partition coefficient (Wildman–Crippen LogP) is 3.92. The first-order valence-corrected chi connectivity index (χ1v) is 9.35. The maximum absolute atomic E-state index is 12.4. The number of carbonyl (C=O) groups excluding carboxylic acids is 1. The maximum Gasteiger partial charge on any atom is 0.309 e. The van der Waals surface area contributed by atoms with Gasteiger partial charge in [-0.15, -0.1) is 0 Å². The van der Waals surface area contributed by atoms with Crippen molar-refractivity contribution in [1.29, 1.82) is 0 Å². The number of nitrogens with two attached hydrogens (primary N) is 1. The van der Waals surface area contributed by atoms with Crippen molar-refractivity contribution in [3.63, 3.8) is 0 Å². The maximum atomic E-state index is 12.4. The first-order valence-electron chi connectivity index (χ1n) is 9.35. The highest BCUT2D eigenvalue weighted by Crippen LogP contribution is 2.41. The first kappa shape index (κ1) is 18.5. The second kappa shape index (κ2) is 8.00. The Balaban J connectivity index is 1.40. The van der Waals surface area contributed by atoms with Crippen molar-refractivity contribution >= 4 is 16.7 Å². The van der Waals surface area contributed by atoms with Gasteiger partial charge in [0.2, 0.25) is 0 Å². The van der Waals surface area contributed by atoms with Crippen LogP contribution in [0.1, 0.15) is 29.8 Å². The van der Waals surface area contributed by atoms with Gasteiger partial charge in [-0.3, -0.25) is 4.79 Å². The summed E-state index contributed by atoms with van der Waals surface area (Å²) in [5.41, 5.74) is 7.84. The summed E-state index contributed by atoms with van der Waals surface area (Å²) >= 11 is 0. The molecule has 0 aromatic heterocycles. The summed E-state index contributed by atoms with van der Waals surface area (Å²) in [5.74, 6) is 0.508. The highest BCUT2D eigenvalue weighted by molar-refractivity contribution is 5.84. The van der Waals surface area contributed by atoms with Gasteiger partial charge in [-0.25, -0.2) is 0 Å². The Kier molecular flexibility index (Phi) is 5.28. The molecule has 2 N–H and O–H groups in total. The van der Waals surface area contributed by atoms with Gasteiger partial charge in [0.25, 0.3) is 0 Å². The average molecular weight is 377 g/mol. The number of methoxy groups -OCH3 is 1. The topological polar surface area (TPSA) is 74.1 Å². The first-order chi connectivity index (χ1) is 13.7. The van der Waals surface area contributed by atoms with Gasteiger partial charge in [0, 0.05) is 6.54 Å². The van der Waals surface area contributed by atoms with E-state index in [2.05, 4.69) is 0 Å². The summed E-state index contributed by atoms with van der Waals surface area (Å²) in [4.78, 5) is 12.4. The average Bonchev–Trinajstić information content (AvgIpc) is 3.50. The molecule has 0 bridgehead atoms. The van der Waals surface area contributed by atoms with Crippen LogP contribution in [0.3, 0.4) is 0 Å². The number of fused-ring (bicyclic) bond motifs is 1. The summed E-state index contributed by atoms with van der Waals surface area (Å²) < 4.78 is 16.5. The second-order valence-corrected chi connectivity index (χ2v) is 6.90. The van der Waals surface area contributed by atoms with Gasteiger partial charge >= 0.3 is 5.97 Å². The highest BCUT2D eigenvalue weighted by Gasteiger charge is 2.42. The van der Waals surface area contributed by atoms with Gasteiger partial charge in [-0.05, 0) is 40.1 Å². The van der Waals surface area contributed by atoms with Crippen molar-refractivity contribution in [3.05, 3.63) is 77.9 Å². The Morgan fingerprint density at radius 1 is 1.07 bits per heavy atom. The Labute approximate surface area is 164 Å². The normalized spacial score (nSPS) is 19.2. The summed E-state index contributed by atoms with van der Waals surface area (Å²) in [6.45, 7) is 0.223. The third kappa shape index (κ3) is 4.01. The Morgan fingerprint density at radius 3 is 2.57 bits per heavy atom. The molecule has 0 spiro atoms. The minimum atomic E-state index is -0.479. The largest absolute Gasteiger partial charge is 0.497 e. The third-order valence-electron chi connectivity index (χ3n) is 5.01. The van der Waals surface area contributed by atoms with Crippen molar-refractivity contribution in [1.82, 2.24) is 0 Å². The van der Waals surface area contributed by atoms with Crippen molar-refractivity contribution in [2.24, 2.45) is 5.73 Å². The molecule has 1 aliphatic rings. The molecular formula is C23H23NO4.